The van der Waals surface area contributed by atoms with Gasteiger partial charge in [0.2, 0.25) is 10.0 Å². The Balaban J connectivity index is 2.63. The van der Waals surface area contributed by atoms with Gasteiger partial charge in [-0.25, -0.2) is 13.1 Å². The van der Waals surface area contributed by atoms with E-state index in [1.165, 1.54) is 32.4 Å². The molecule has 0 atom stereocenters. The van der Waals surface area contributed by atoms with E-state index < -0.39 is 29.4 Å². The van der Waals surface area contributed by atoms with E-state index in [0.717, 1.165) is 0 Å². The maximum absolute atomic E-state index is 12.0. The van der Waals surface area contributed by atoms with Crippen LogP contribution in [0.4, 0.5) is 13.2 Å². The smallest absolute Gasteiger partial charge is 0.411 e. The molecule has 0 aliphatic rings. The Labute approximate surface area is 126 Å². The fourth-order valence-electron chi connectivity index (χ4n) is 1.50. The molecule has 0 saturated heterocycles. The van der Waals surface area contributed by atoms with Crippen molar-refractivity contribution in [3.05, 3.63) is 18.2 Å². The molecule has 0 radical (unpaired) electrons. The van der Waals surface area contributed by atoms with E-state index in [9.17, 15) is 21.6 Å². The SMILES string of the molecule is COc1ccc(S(=O)(=O)NCCOCC(F)(F)F)cc1OC. The van der Waals surface area contributed by atoms with E-state index in [1.807, 2.05) is 0 Å². The number of nitrogens with one attached hydrogen (secondary N) is 1. The van der Waals surface area contributed by atoms with Gasteiger partial charge in [0, 0.05) is 12.6 Å². The van der Waals surface area contributed by atoms with Gasteiger partial charge in [0.15, 0.2) is 11.5 Å². The summed E-state index contributed by atoms with van der Waals surface area (Å²) in [7, 11) is -1.12. The molecule has 1 rings (SSSR count). The topological polar surface area (TPSA) is 73.9 Å². The minimum atomic E-state index is -4.44. The zero-order valence-corrected chi connectivity index (χ0v) is 12.8. The van der Waals surface area contributed by atoms with Crippen LogP contribution in [0.3, 0.4) is 0 Å². The summed E-state index contributed by atoms with van der Waals surface area (Å²) in [5, 5.41) is 0. The summed E-state index contributed by atoms with van der Waals surface area (Å²) in [6.07, 6.45) is -4.44. The van der Waals surface area contributed by atoms with Gasteiger partial charge in [-0.3, -0.25) is 0 Å². The minimum Gasteiger partial charge on any atom is -0.493 e. The molecule has 0 fully saturated rings. The summed E-state index contributed by atoms with van der Waals surface area (Å²) in [6.45, 7) is -2.11. The number of hydrogen-bond acceptors (Lipinski definition) is 5. The first kappa shape index (κ1) is 18.5. The predicted molar refractivity (Wildman–Crippen MR) is 71.6 cm³/mol. The Hall–Kier alpha value is -1.52. The highest BCUT2D eigenvalue weighted by Gasteiger charge is 2.27. The standard InChI is InChI=1S/C12H16F3NO5S/c1-19-10-4-3-9(7-11(10)20-2)22(17,18)16-5-6-21-8-12(13,14)15/h3-4,7,16H,5-6,8H2,1-2H3. The van der Waals surface area contributed by atoms with Crippen molar-refractivity contribution in [2.75, 3.05) is 34.0 Å². The summed E-state index contributed by atoms with van der Waals surface area (Å²) in [5.74, 6) is 0.577. The molecule has 1 aromatic rings. The Kier molecular flexibility index (Phi) is 6.45. The number of hydrogen-bond donors (Lipinski definition) is 1. The van der Waals surface area contributed by atoms with Gasteiger partial charge in [-0.1, -0.05) is 0 Å². The van der Waals surface area contributed by atoms with Crippen molar-refractivity contribution in [2.24, 2.45) is 0 Å². The maximum Gasteiger partial charge on any atom is 0.411 e. The van der Waals surface area contributed by atoms with Crippen LogP contribution in [-0.2, 0) is 14.8 Å². The summed E-state index contributed by atoms with van der Waals surface area (Å²) in [5.41, 5.74) is 0. The number of alkyl halides is 3. The van der Waals surface area contributed by atoms with Gasteiger partial charge in [0.1, 0.15) is 6.61 Å². The normalized spacial score (nSPS) is 12.2. The van der Waals surface area contributed by atoms with Crippen molar-refractivity contribution >= 4 is 10.0 Å². The average Bonchev–Trinajstić information content (AvgIpc) is 2.44. The molecule has 0 heterocycles. The Bertz CT molecular complexity index is 589. The summed E-state index contributed by atoms with van der Waals surface area (Å²) in [4.78, 5) is -0.0963. The van der Waals surface area contributed by atoms with Crippen LogP contribution in [0.15, 0.2) is 23.1 Å². The quantitative estimate of drug-likeness (QED) is 0.725. The molecule has 1 aromatic carbocycles. The number of ether oxygens (including phenoxy) is 3. The van der Waals surface area contributed by atoms with Gasteiger partial charge < -0.3 is 14.2 Å². The zero-order chi connectivity index (χ0) is 16.8. The van der Waals surface area contributed by atoms with Crippen LogP contribution in [0.5, 0.6) is 11.5 Å². The molecular formula is C12H16F3NO5S. The van der Waals surface area contributed by atoms with Gasteiger partial charge in [-0.05, 0) is 12.1 Å². The first-order valence-corrected chi connectivity index (χ1v) is 7.54. The van der Waals surface area contributed by atoms with Gasteiger partial charge in [-0.2, -0.15) is 13.2 Å². The molecule has 1 N–H and O–H groups in total. The monoisotopic (exact) mass is 343 g/mol. The average molecular weight is 343 g/mol. The molecule has 0 aromatic heterocycles. The maximum atomic E-state index is 12.0. The van der Waals surface area contributed by atoms with Crippen LogP contribution in [0.1, 0.15) is 0 Å². The molecule has 0 saturated carbocycles. The van der Waals surface area contributed by atoms with E-state index in [2.05, 4.69) is 9.46 Å². The minimum absolute atomic E-state index is 0.0963. The third-order valence-electron chi connectivity index (χ3n) is 2.47. The highest BCUT2D eigenvalue weighted by Crippen LogP contribution is 2.29. The molecule has 22 heavy (non-hydrogen) atoms. The number of methoxy groups -OCH3 is 2. The first-order chi connectivity index (χ1) is 10.2. The van der Waals surface area contributed by atoms with E-state index >= 15 is 0 Å². The van der Waals surface area contributed by atoms with Crippen LogP contribution >= 0.6 is 0 Å². The zero-order valence-electron chi connectivity index (χ0n) is 11.9. The van der Waals surface area contributed by atoms with E-state index in [0.29, 0.717) is 5.75 Å². The second-order valence-electron chi connectivity index (χ2n) is 4.08. The molecule has 0 unspecified atom stereocenters. The van der Waals surface area contributed by atoms with Crippen molar-refractivity contribution in [3.63, 3.8) is 0 Å². The van der Waals surface area contributed by atoms with Crippen LogP contribution in [0.2, 0.25) is 0 Å². The van der Waals surface area contributed by atoms with Gasteiger partial charge in [-0.15, -0.1) is 0 Å². The molecule has 0 spiro atoms. The molecule has 0 amide bonds. The number of rotatable bonds is 8. The number of sulfonamides is 1. The second-order valence-corrected chi connectivity index (χ2v) is 5.85. The molecule has 0 aliphatic heterocycles. The molecule has 6 nitrogen and oxygen atoms in total. The number of halogens is 3. The lowest BCUT2D eigenvalue weighted by Gasteiger charge is -2.11. The lowest BCUT2D eigenvalue weighted by molar-refractivity contribution is -0.173. The molecule has 126 valence electrons. The largest absolute Gasteiger partial charge is 0.493 e. The summed E-state index contributed by atoms with van der Waals surface area (Å²) >= 11 is 0. The van der Waals surface area contributed by atoms with Crippen molar-refractivity contribution < 1.29 is 35.8 Å². The van der Waals surface area contributed by atoms with Crippen LogP contribution < -0.4 is 14.2 Å². The van der Waals surface area contributed by atoms with E-state index in [1.54, 1.807) is 0 Å². The van der Waals surface area contributed by atoms with Crippen LogP contribution in [-0.4, -0.2) is 48.6 Å². The highest BCUT2D eigenvalue weighted by atomic mass is 32.2. The van der Waals surface area contributed by atoms with Crippen molar-refractivity contribution in [1.29, 1.82) is 0 Å². The molecule has 10 heteroatoms. The highest BCUT2D eigenvalue weighted by molar-refractivity contribution is 7.89. The Morgan fingerprint density at radius 1 is 1.14 bits per heavy atom. The van der Waals surface area contributed by atoms with Gasteiger partial charge in [0.25, 0.3) is 0 Å². The van der Waals surface area contributed by atoms with E-state index in [-0.39, 0.29) is 17.2 Å². The third kappa shape index (κ3) is 5.70. The predicted octanol–water partition coefficient (Wildman–Crippen LogP) is 1.56. The lowest BCUT2D eigenvalue weighted by atomic mass is 10.3. The van der Waals surface area contributed by atoms with Crippen molar-refractivity contribution in [3.8, 4) is 11.5 Å². The summed E-state index contributed by atoms with van der Waals surface area (Å²) < 4.78 is 75.9. The fourth-order valence-corrected chi connectivity index (χ4v) is 2.53. The van der Waals surface area contributed by atoms with Crippen molar-refractivity contribution in [2.45, 2.75) is 11.1 Å². The third-order valence-corrected chi connectivity index (χ3v) is 3.93. The van der Waals surface area contributed by atoms with E-state index in [4.69, 9.17) is 9.47 Å². The second kappa shape index (κ2) is 7.65. The first-order valence-electron chi connectivity index (χ1n) is 6.06. The van der Waals surface area contributed by atoms with Crippen molar-refractivity contribution in [1.82, 2.24) is 4.72 Å². The summed E-state index contributed by atoms with van der Waals surface area (Å²) in [6, 6.07) is 3.95. The molecule has 0 bridgehead atoms. The number of benzene rings is 1. The van der Waals surface area contributed by atoms with Gasteiger partial charge >= 0.3 is 6.18 Å². The molecular weight excluding hydrogens is 327 g/mol. The van der Waals surface area contributed by atoms with Crippen LogP contribution in [0, 0.1) is 0 Å². The Morgan fingerprint density at radius 2 is 1.77 bits per heavy atom. The Morgan fingerprint density at radius 3 is 2.32 bits per heavy atom. The molecule has 0 aliphatic carbocycles. The van der Waals surface area contributed by atoms with Gasteiger partial charge in [0.05, 0.1) is 25.7 Å². The lowest BCUT2D eigenvalue weighted by Crippen LogP contribution is -2.29. The van der Waals surface area contributed by atoms with Crippen LogP contribution in [0.25, 0.3) is 0 Å². The fraction of sp³-hybridized carbons (Fsp3) is 0.500.